The molecule has 0 aliphatic rings. The van der Waals surface area contributed by atoms with E-state index in [1.165, 1.54) is 28.7 Å². The molecule has 1 unspecified atom stereocenters. The fourth-order valence-electron chi connectivity index (χ4n) is 2.02. The third-order valence-corrected chi connectivity index (χ3v) is 4.58. The number of hydrogen-bond acceptors (Lipinski definition) is 1. The van der Waals surface area contributed by atoms with Crippen molar-refractivity contribution in [3.8, 4) is 0 Å². The van der Waals surface area contributed by atoms with Crippen LogP contribution in [0.15, 0.2) is 6.07 Å². The summed E-state index contributed by atoms with van der Waals surface area (Å²) in [4.78, 5) is 12.3. The molecule has 0 saturated carbocycles. The summed E-state index contributed by atoms with van der Waals surface area (Å²) in [7, 11) is 0.437. The fraction of sp³-hybridized carbons (Fsp3) is 0.533. The zero-order valence-corrected chi connectivity index (χ0v) is 13.6. The van der Waals surface area contributed by atoms with Crippen LogP contribution in [0.1, 0.15) is 52.4 Å². The molecule has 0 N–H and O–H groups in total. The van der Waals surface area contributed by atoms with Crippen molar-refractivity contribution < 1.29 is 4.79 Å². The smallest absolute Gasteiger partial charge is 0.181 e. The molecule has 0 amide bonds. The first-order valence-corrected chi connectivity index (χ1v) is 7.55. The summed E-state index contributed by atoms with van der Waals surface area (Å²) in [6.45, 7) is 10.5. The first-order valence-electron chi connectivity index (χ1n) is 6.34. The molecule has 0 aliphatic carbocycles. The maximum atomic E-state index is 12.3. The van der Waals surface area contributed by atoms with Crippen molar-refractivity contribution in [1.29, 1.82) is 0 Å². The van der Waals surface area contributed by atoms with Crippen molar-refractivity contribution in [2.45, 2.75) is 47.5 Å². The van der Waals surface area contributed by atoms with Crippen LogP contribution in [0.4, 0.5) is 0 Å². The Morgan fingerprint density at radius 2 is 1.61 bits per heavy atom. The zero-order valence-electron chi connectivity index (χ0n) is 12.6. The molecular formula is C15H23LiOP. The maximum Gasteiger partial charge on any atom is 0.181 e. The molecule has 1 atom stereocenters. The van der Waals surface area contributed by atoms with Crippen molar-refractivity contribution in [3.63, 3.8) is 0 Å². The Labute approximate surface area is 125 Å². The van der Waals surface area contributed by atoms with Gasteiger partial charge in [0.1, 0.15) is 0 Å². The van der Waals surface area contributed by atoms with Gasteiger partial charge in [-0.25, -0.2) is 0 Å². The summed E-state index contributed by atoms with van der Waals surface area (Å²) in [6, 6.07) is 2.18. The van der Waals surface area contributed by atoms with Crippen LogP contribution in [0.5, 0.6) is 0 Å². The Hall–Kier alpha value is -0.0826. The van der Waals surface area contributed by atoms with E-state index in [2.05, 4.69) is 40.7 Å². The zero-order chi connectivity index (χ0) is 13.0. The van der Waals surface area contributed by atoms with Crippen LogP contribution in [0.2, 0.25) is 0 Å². The van der Waals surface area contributed by atoms with E-state index in [0.29, 0.717) is 14.1 Å². The van der Waals surface area contributed by atoms with Crippen LogP contribution in [-0.4, -0.2) is 30.5 Å². The number of rotatable bonds is 5. The summed E-state index contributed by atoms with van der Waals surface area (Å²) in [5.41, 5.74) is 6.13. The van der Waals surface area contributed by atoms with Crippen LogP contribution >= 0.6 is 8.58 Å². The first-order chi connectivity index (χ1) is 7.99. The van der Waals surface area contributed by atoms with Gasteiger partial charge in [-0.2, -0.15) is 0 Å². The Balaban J connectivity index is 0.00000289. The molecule has 95 valence electrons. The summed E-state index contributed by atoms with van der Waals surface area (Å²) in [5, 5.41) is 0. The number of benzene rings is 1. The van der Waals surface area contributed by atoms with E-state index in [0.717, 1.165) is 18.1 Å². The molecule has 0 spiro atoms. The molecule has 1 radical (unpaired) electrons. The second kappa shape index (κ2) is 8.16. The van der Waals surface area contributed by atoms with Gasteiger partial charge in [0, 0.05) is 24.4 Å². The average molecular weight is 257 g/mol. The second-order valence-corrected chi connectivity index (χ2v) is 6.05. The SMILES string of the molecule is CCCCPC(=O)c1c(C)c(C)cc(C)c1C.[Li]. The standard InChI is InChI=1S/C15H23OP.Li/c1-6-7-8-17-15(16)14-12(4)10(2)9-11(3)13(14)5;/h9,17H,6-8H2,1-5H3;. The largest absolute Gasteiger partial charge is 0.289 e. The van der Waals surface area contributed by atoms with Crippen molar-refractivity contribution in [1.82, 2.24) is 0 Å². The Morgan fingerprint density at radius 1 is 1.11 bits per heavy atom. The second-order valence-electron chi connectivity index (χ2n) is 4.74. The van der Waals surface area contributed by atoms with E-state index in [9.17, 15) is 4.79 Å². The molecule has 0 fully saturated rings. The van der Waals surface area contributed by atoms with Gasteiger partial charge in [-0.15, -0.1) is 0 Å². The average Bonchev–Trinajstić information content (AvgIpc) is 2.27. The van der Waals surface area contributed by atoms with E-state index in [-0.39, 0.29) is 18.9 Å². The Kier molecular flexibility index (Phi) is 8.12. The molecule has 0 aromatic heterocycles. The number of unbranched alkanes of at least 4 members (excludes halogenated alkanes) is 1. The minimum absolute atomic E-state index is 0. The number of carbonyl (C=O) groups is 1. The van der Waals surface area contributed by atoms with Gasteiger partial charge in [0.2, 0.25) is 0 Å². The topological polar surface area (TPSA) is 17.1 Å². The van der Waals surface area contributed by atoms with Gasteiger partial charge in [0.25, 0.3) is 0 Å². The molecular weight excluding hydrogens is 234 g/mol. The Morgan fingerprint density at radius 3 is 2.06 bits per heavy atom. The van der Waals surface area contributed by atoms with Gasteiger partial charge < -0.3 is 0 Å². The monoisotopic (exact) mass is 257 g/mol. The quantitative estimate of drug-likeness (QED) is 0.440. The molecule has 1 nitrogen and oxygen atoms in total. The predicted molar refractivity (Wildman–Crippen MR) is 83.6 cm³/mol. The molecule has 18 heavy (non-hydrogen) atoms. The van der Waals surface area contributed by atoms with Crippen LogP contribution in [-0.2, 0) is 0 Å². The molecule has 0 aliphatic heterocycles. The third kappa shape index (κ3) is 4.24. The van der Waals surface area contributed by atoms with Gasteiger partial charge in [-0.05, 0) is 71.1 Å². The summed E-state index contributed by atoms with van der Waals surface area (Å²) >= 11 is 0. The normalized spacial score (nSPS) is 10.7. The van der Waals surface area contributed by atoms with Crippen LogP contribution in [0.3, 0.4) is 0 Å². The van der Waals surface area contributed by atoms with Crippen molar-refractivity contribution in [2.75, 3.05) is 6.16 Å². The molecule has 1 aromatic rings. The number of carbonyl (C=O) groups excluding carboxylic acids is 1. The van der Waals surface area contributed by atoms with Crippen LogP contribution < -0.4 is 0 Å². The molecule has 0 heterocycles. The van der Waals surface area contributed by atoms with E-state index < -0.39 is 0 Å². The third-order valence-electron chi connectivity index (χ3n) is 3.41. The predicted octanol–water partition coefficient (Wildman–Crippen LogP) is 4.16. The fourth-order valence-corrected chi connectivity index (χ4v) is 3.33. The minimum atomic E-state index is 0. The maximum absolute atomic E-state index is 12.3. The van der Waals surface area contributed by atoms with Gasteiger partial charge in [0.05, 0.1) is 0 Å². The molecule has 1 rings (SSSR count). The molecule has 3 heteroatoms. The van der Waals surface area contributed by atoms with Crippen molar-refractivity contribution in [2.24, 2.45) is 0 Å². The van der Waals surface area contributed by atoms with Crippen molar-refractivity contribution in [3.05, 3.63) is 33.9 Å². The van der Waals surface area contributed by atoms with Gasteiger partial charge in [-0.3, -0.25) is 4.79 Å². The summed E-state index contributed by atoms with van der Waals surface area (Å²) in [6.07, 6.45) is 3.37. The van der Waals surface area contributed by atoms with Gasteiger partial charge >= 0.3 is 0 Å². The number of hydrogen-bond donors (Lipinski definition) is 0. The van der Waals surface area contributed by atoms with Gasteiger partial charge in [-0.1, -0.05) is 19.4 Å². The molecule has 1 aromatic carbocycles. The number of aryl methyl sites for hydroxylation is 2. The van der Waals surface area contributed by atoms with E-state index in [4.69, 9.17) is 0 Å². The molecule has 0 saturated heterocycles. The Bertz CT molecular complexity index is 401. The summed E-state index contributed by atoms with van der Waals surface area (Å²) in [5.74, 6) is 0. The van der Waals surface area contributed by atoms with Crippen LogP contribution in [0, 0.1) is 27.7 Å². The van der Waals surface area contributed by atoms with E-state index in [1.807, 2.05) is 0 Å². The minimum Gasteiger partial charge on any atom is -0.289 e. The van der Waals surface area contributed by atoms with Crippen molar-refractivity contribution >= 4 is 33.0 Å². The first kappa shape index (κ1) is 17.9. The summed E-state index contributed by atoms with van der Waals surface area (Å²) < 4.78 is 0. The van der Waals surface area contributed by atoms with Crippen LogP contribution in [0.25, 0.3) is 0 Å². The molecule has 0 bridgehead atoms. The van der Waals surface area contributed by atoms with Gasteiger partial charge in [0.15, 0.2) is 5.52 Å². The van der Waals surface area contributed by atoms with E-state index in [1.54, 1.807) is 0 Å². The van der Waals surface area contributed by atoms with E-state index >= 15 is 0 Å².